The Labute approximate surface area is 189 Å². The van der Waals surface area contributed by atoms with Crippen molar-refractivity contribution in [3.8, 4) is 10.7 Å². The summed E-state index contributed by atoms with van der Waals surface area (Å²) in [6.07, 6.45) is 0.734. The van der Waals surface area contributed by atoms with E-state index in [9.17, 15) is 4.79 Å². The van der Waals surface area contributed by atoms with Gasteiger partial charge in [0.15, 0.2) is 0 Å². The SMILES string of the molecule is O=C(Nc1ccccc1Cc1ccccc1)N1CCOCC1c1nc(-c2cccs2)no1. The number of urea groups is 1. The number of carbonyl (C=O) groups is 1. The molecule has 0 spiro atoms. The monoisotopic (exact) mass is 446 g/mol. The maximum Gasteiger partial charge on any atom is 0.322 e. The van der Waals surface area contributed by atoms with Gasteiger partial charge in [0.1, 0.15) is 6.04 Å². The quantitative estimate of drug-likeness (QED) is 0.467. The molecule has 1 unspecified atom stereocenters. The summed E-state index contributed by atoms with van der Waals surface area (Å²) in [5, 5.41) is 9.12. The second-order valence-electron chi connectivity index (χ2n) is 7.47. The standard InChI is InChI=1S/C24H22N4O3S/c29-24(25-19-10-5-4-9-18(19)15-17-7-2-1-3-8-17)28-12-13-30-16-20(28)23-26-22(27-31-23)21-11-6-14-32-21/h1-11,14,20H,12-13,15-16H2,(H,25,29). The molecule has 2 amide bonds. The molecule has 1 atom stereocenters. The van der Waals surface area contributed by atoms with E-state index in [4.69, 9.17) is 9.26 Å². The first-order valence-corrected chi connectivity index (χ1v) is 11.3. The van der Waals surface area contributed by atoms with Crippen molar-refractivity contribution in [1.82, 2.24) is 15.0 Å². The zero-order valence-corrected chi connectivity index (χ0v) is 18.1. The van der Waals surface area contributed by atoms with Gasteiger partial charge < -0.3 is 19.5 Å². The lowest BCUT2D eigenvalue weighted by Crippen LogP contribution is -2.45. The van der Waals surface area contributed by atoms with Crippen LogP contribution in [0.1, 0.15) is 23.1 Å². The third-order valence-electron chi connectivity index (χ3n) is 5.35. The first kappa shape index (κ1) is 20.4. The molecular formula is C24H22N4O3S. The largest absolute Gasteiger partial charge is 0.377 e. The highest BCUT2D eigenvalue weighted by molar-refractivity contribution is 7.13. The number of aromatic nitrogens is 2. The predicted molar refractivity (Wildman–Crippen MR) is 123 cm³/mol. The summed E-state index contributed by atoms with van der Waals surface area (Å²) >= 11 is 1.54. The predicted octanol–water partition coefficient (Wildman–Crippen LogP) is 4.99. The summed E-state index contributed by atoms with van der Waals surface area (Å²) in [4.78, 5) is 20.4. The molecular weight excluding hydrogens is 424 g/mol. The van der Waals surface area contributed by atoms with Gasteiger partial charge in [0.05, 0.1) is 18.1 Å². The van der Waals surface area contributed by atoms with Crippen molar-refractivity contribution in [2.75, 3.05) is 25.1 Å². The number of carbonyl (C=O) groups excluding carboxylic acids is 1. The van der Waals surface area contributed by atoms with Crippen LogP contribution in [0.3, 0.4) is 0 Å². The third-order valence-corrected chi connectivity index (χ3v) is 6.22. The molecule has 5 rings (SSSR count). The van der Waals surface area contributed by atoms with Gasteiger partial charge in [-0.1, -0.05) is 59.8 Å². The summed E-state index contributed by atoms with van der Waals surface area (Å²) in [5.74, 6) is 0.898. The number of benzene rings is 2. The fourth-order valence-electron chi connectivity index (χ4n) is 3.73. The van der Waals surface area contributed by atoms with E-state index in [1.807, 2.05) is 60.0 Å². The molecule has 32 heavy (non-hydrogen) atoms. The van der Waals surface area contributed by atoms with Gasteiger partial charge in [-0.2, -0.15) is 4.98 Å². The number of rotatable bonds is 5. The maximum atomic E-state index is 13.3. The van der Waals surface area contributed by atoms with Crippen molar-refractivity contribution in [1.29, 1.82) is 0 Å². The van der Waals surface area contributed by atoms with Gasteiger partial charge in [-0.25, -0.2) is 4.79 Å². The Morgan fingerprint density at radius 1 is 1.09 bits per heavy atom. The minimum atomic E-state index is -0.439. The number of hydrogen-bond donors (Lipinski definition) is 1. The Balaban J connectivity index is 1.34. The van der Waals surface area contributed by atoms with Crippen LogP contribution >= 0.6 is 11.3 Å². The Hall–Kier alpha value is -3.49. The van der Waals surface area contributed by atoms with E-state index in [-0.39, 0.29) is 6.03 Å². The Morgan fingerprint density at radius 3 is 2.78 bits per heavy atom. The molecule has 1 saturated heterocycles. The highest BCUT2D eigenvalue weighted by Gasteiger charge is 2.33. The Morgan fingerprint density at radius 2 is 1.94 bits per heavy atom. The van der Waals surface area contributed by atoms with Gasteiger partial charge in [-0.3, -0.25) is 0 Å². The lowest BCUT2D eigenvalue weighted by Gasteiger charge is -2.33. The van der Waals surface area contributed by atoms with Gasteiger partial charge >= 0.3 is 6.03 Å². The summed E-state index contributed by atoms with van der Waals surface area (Å²) in [7, 11) is 0. The Bertz CT molecular complexity index is 1180. The second-order valence-corrected chi connectivity index (χ2v) is 8.41. The van der Waals surface area contributed by atoms with Crippen LogP contribution in [0, 0.1) is 0 Å². The van der Waals surface area contributed by atoms with Gasteiger partial charge in [0, 0.05) is 12.2 Å². The van der Waals surface area contributed by atoms with Crippen molar-refractivity contribution in [2.24, 2.45) is 0 Å². The van der Waals surface area contributed by atoms with Gasteiger partial charge in [0.25, 0.3) is 5.89 Å². The zero-order valence-electron chi connectivity index (χ0n) is 17.3. The van der Waals surface area contributed by atoms with E-state index in [1.165, 1.54) is 16.9 Å². The molecule has 0 bridgehead atoms. The van der Waals surface area contributed by atoms with Crippen LogP contribution in [-0.2, 0) is 11.2 Å². The average molecular weight is 447 g/mol. The van der Waals surface area contributed by atoms with Crippen molar-refractivity contribution in [3.63, 3.8) is 0 Å². The van der Waals surface area contributed by atoms with Gasteiger partial charge in [-0.05, 0) is 35.1 Å². The molecule has 1 aliphatic heterocycles. The lowest BCUT2D eigenvalue weighted by molar-refractivity contribution is 0.00348. The van der Waals surface area contributed by atoms with E-state index in [0.717, 1.165) is 22.5 Å². The number of thiophene rings is 1. The number of para-hydroxylation sites is 1. The molecule has 0 saturated carbocycles. The van der Waals surface area contributed by atoms with Crippen molar-refractivity contribution < 1.29 is 14.1 Å². The molecule has 0 radical (unpaired) electrons. The first-order valence-electron chi connectivity index (χ1n) is 10.4. The van der Waals surface area contributed by atoms with E-state index in [2.05, 4.69) is 27.6 Å². The molecule has 8 heteroatoms. The highest BCUT2D eigenvalue weighted by atomic mass is 32.1. The van der Waals surface area contributed by atoms with Crippen molar-refractivity contribution in [3.05, 3.63) is 89.1 Å². The summed E-state index contributed by atoms with van der Waals surface area (Å²) in [6.45, 7) is 1.21. The number of anilines is 1. The van der Waals surface area contributed by atoms with Crippen LogP contribution in [0.25, 0.3) is 10.7 Å². The van der Waals surface area contributed by atoms with E-state index < -0.39 is 6.04 Å². The van der Waals surface area contributed by atoms with E-state index >= 15 is 0 Å². The molecule has 1 fully saturated rings. The van der Waals surface area contributed by atoms with Gasteiger partial charge in [-0.15, -0.1) is 11.3 Å². The van der Waals surface area contributed by atoms with E-state index in [0.29, 0.717) is 31.5 Å². The van der Waals surface area contributed by atoms with Crippen LogP contribution < -0.4 is 5.32 Å². The minimum Gasteiger partial charge on any atom is -0.377 e. The normalized spacial score (nSPS) is 16.1. The number of morpholine rings is 1. The summed E-state index contributed by atoms with van der Waals surface area (Å²) in [6, 6.07) is 21.3. The molecule has 1 aliphatic rings. The highest BCUT2D eigenvalue weighted by Crippen LogP contribution is 2.28. The van der Waals surface area contributed by atoms with Crippen molar-refractivity contribution in [2.45, 2.75) is 12.5 Å². The van der Waals surface area contributed by atoms with Gasteiger partial charge in [0.2, 0.25) is 5.82 Å². The second kappa shape index (κ2) is 9.33. The molecule has 2 aromatic carbocycles. The Kier molecular flexibility index (Phi) is 5.96. The third kappa shape index (κ3) is 4.42. The molecule has 3 heterocycles. The number of ether oxygens (including phenoxy) is 1. The molecule has 7 nitrogen and oxygen atoms in total. The molecule has 162 valence electrons. The van der Waals surface area contributed by atoms with Crippen LogP contribution in [0.2, 0.25) is 0 Å². The molecule has 4 aromatic rings. The molecule has 0 aliphatic carbocycles. The van der Waals surface area contributed by atoms with Crippen LogP contribution in [0.4, 0.5) is 10.5 Å². The molecule has 2 aromatic heterocycles. The first-order chi connectivity index (χ1) is 15.8. The maximum absolute atomic E-state index is 13.3. The minimum absolute atomic E-state index is 0.213. The number of hydrogen-bond acceptors (Lipinski definition) is 6. The topological polar surface area (TPSA) is 80.5 Å². The smallest absolute Gasteiger partial charge is 0.322 e. The van der Waals surface area contributed by atoms with Crippen LogP contribution in [-0.4, -0.2) is 40.8 Å². The number of nitrogens with one attached hydrogen (secondary N) is 1. The number of nitrogens with zero attached hydrogens (tertiary/aromatic N) is 3. The van der Waals surface area contributed by atoms with E-state index in [1.54, 1.807) is 4.90 Å². The fourth-order valence-corrected chi connectivity index (χ4v) is 4.38. The zero-order chi connectivity index (χ0) is 21.8. The van der Waals surface area contributed by atoms with Crippen LogP contribution in [0.15, 0.2) is 76.6 Å². The average Bonchev–Trinajstić information content (AvgIpc) is 3.53. The lowest BCUT2D eigenvalue weighted by atomic mass is 10.0. The molecule has 1 N–H and O–H groups in total. The summed E-state index contributed by atoms with van der Waals surface area (Å²) in [5.41, 5.74) is 3.02. The van der Waals surface area contributed by atoms with Crippen molar-refractivity contribution >= 4 is 23.1 Å². The number of amides is 2. The van der Waals surface area contributed by atoms with Crippen LogP contribution in [0.5, 0.6) is 0 Å². The fraction of sp³-hybridized carbons (Fsp3) is 0.208. The summed E-state index contributed by atoms with van der Waals surface area (Å²) < 4.78 is 11.1.